The van der Waals surface area contributed by atoms with Gasteiger partial charge in [-0.25, -0.2) is 0 Å². The fourth-order valence-electron chi connectivity index (χ4n) is 12.8. The molecule has 354 valence electrons. The number of rotatable bonds is 7. The van der Waals surface area contributed by atoms with E-state index < -0.39 is 0 Å². The average molecular weight is 936 g/mol. The summed E-state index contributed by atoms with van der Waals surface area (Å²) in [4.78, 5) is 3.57. The zero-order chi connectivity index (χ0) is 49.1. The third-order valence-electron chi connectivity index (χ3n) is 16.9. The zero-order valence-corrected chi connectivity index (χ0v) is 43.9. The van der Waals surface area contributed by atoms with Crippen LogP contribution in [0.25, 0.3) is 28.3 Å². The van der Waals surface area contributed by atoms with Crippen molar-refractivity contribution in [1.82, 2.24) is 0 Å². The monoisotopic (exact) mass is 936 g/mol. The third-order valence-corrected chi connectivity index (χ3v) is 17.4. The minimum atomic E-state index is -0.267. The van der Waals surface area contributed by atoms with Gasteiger partial charge in [0, 0.05) is 49.6 Å². The first-order valence-corrected chi connectivity index (χ1v) is 26.1. The van der Waals surface area contributed by atoms with Gasteiger partial charge in [-0.2, -0.15) is 0 Å². The number of aryl methyl sites for hydroxylation is 1. The number of nitrogens with zero attached hydrogens (tertiary/aromatic N) is 1. The van der Waals surface area contributed by atoms with Crippen molar-refractivity contribution in [2.24, 2.45) is 11.1 Å². The van der Waals surface area contributed by atoms with Gasteiger partial charge in [-0.3, -0.25) is 0 Å². The summed E-state index contributed by atoms with van der Waals surface area (Å²) in [6.45, 7) is 23.7. The number of nitrogens with two attached hydrogens (primary N) is 1. The van der Waals surface area contributed by atoms with Crippen molar-refractivity contribution in [2.75, 3.05) is 10.2 Å². The maximum absolute atomic E-state index is 7.56. The van der Waals surface area contributed by atoms with Crippen molar-refractivity contribution in [2.45, 2.75) is 129 Å². The van der Waals surface area contributed by atoms with Gasteiger partial charge in [0.05, 0.1) is 11.4 Å². The zero-order valence-electron chi connectivity index (χ0n) is 43.0. The van der Waals surface area contributed by atoms with Crippen LogP contribution in [0.4, 0.5) is 22.7 Å². The summed E-state index contributed by atoms with van der Waals surface area (Å²) in [6, 6.07) is 34.4. The molecule has 0 spiro atoms. The summed E-state index contributed by atoms with van der Waals surface area (Å²) in [6.07, 6.45) is 24.0. The van der Waals surface area contributed by atoms with Crippen molar-refractivity contribution in [1.29, 1.82) is 0 Å². The van der Waals surface area contributed by atoms with E-state index in [2.05, 4.69) is 219 Å². The molecule has 0 aromatic heterocycles. The molecule has 2 bridgehead atoms. The Balaban J connectivity index is 1.21. The lowest BCUT2D eigenvalue weighted by Gasteiger charge is -2.43. The second kappa shape index (κ2) is 16.7. The van der Waals surface area contributed by atoms with Crippen LogP contribution in [-0.4, -0.2) is 0 Å². The standard InChI is InChI=1S/C66H69N3S/c1-40-34-54-55(64(5,6)33-32-63(54,3)4)39-56(40)69-57-38-48-44-26-17-19-30-51(44)65(7,8)53(48)37-50(57)59-45(28-21-29-47(59)60-46-27-18-20-31-52(46)66(9,10)62(60)67)49-35-43(36-58(69)61(49)70)68-41(2)22-13-11-14-23-42-24-15-12-16-25-42/h11-17,19-20,22-26,28,30-31,34-39,68,70H,18,21,27,29,32-33,67H2,1-10H3/b13-11-,23-14-,41-22+. The van der Waals surface area contributed by atoms with E-state index in [9.17, 15) is 0 Å². The molecule has 0 saturated heterocycles. The molecule has 0 fully saturated rings. The highest BCUT2D eigenvalue weighted by molar-refractivity contribution is 7.80. The van der Waals surface area contributed by atoms with Crippen LogP contribution in [-0.2, 0) is 16.2 Å². The molecule has 0 saturated carbocycles. The van der Waals surface area contributed by atoms with Crippen molar-refractivity contribution >= 4 is 52.6 Å². The number of benzene rings is 5. The molecule has 0 radical (unpaired) electrons. The highest BCUT2D eigenvalue weighted by Gasteiger charge is 2.44. The van der Waals surface area contributed by atoms with E-state index >= 15 is 0 Å². The Kier molecular flexibility index (Phi) is 11.0. The van der Waals surface area contributed by atoms with E-state index in [1.807, 2.05) is 0 Å². The van der Waals surface area contributed by atoms with Gasteiger partial charge in [0.15, 0.2) is 0 Å². The summed E-state index contributed by atoms with van der Waals surface area (Å²) in [5.41, 5.74) is 34.8. The number of hydrogen-bond donors (Lipinski definition) is 3. The van der Waals surface area contributed by atoms with Gasteiger partial charge < -0.3 is 16.0 Å². The first-order chi connectivity index (χ1) is 33.4. The predicted molar refractivity (Wildman–Crippen MR) is 302 cm³/mol. The summed E-state index contributed by atoms with van der Waals surface area (Å²) >= 11 is 5.71. The Morgan fingerprint density at radius 3 is 2.13 bits per heavy atom. The van der Waals surface area contributed by atoms with Crippen LogP contribution in [0.1, 0.15) is 145 Å². The minimum Gasteiger partial charge on any atom is -0.401 e. The highest BCUT2D eigenvalue weighted by Crippen LogP contribution is 2.61. The Hall–Kier alpha value is -6.23. The molecule has 3 nitrogen and oxygen atoms in total. The molecular formula is C66H69N3S. The fraction of sp³-hybridized carbons (Fsp3) is 0.303. The molecule has 3 N–H and O–H groups in total. The number of nitrogens with one attached hydrogen (secondary N) is 1. The summed E-state index contributed by atoms with van der Waals surface area (Å²) in [7, 11) is 0. The van der Waals surface area contributed by atoms with Crippen LogP contribution in [0, 0.1) is 12.3 Å². The maximum atomic E-state index is 7.56. The highest BCUT2D eigenvalue weighted by atomic mass is 32.1. The first kappa shape index (κ1) is 46.2. The van der Waals surface area contributed by atoms with Crippen molar-refractivity contribution < 1.29 is 0 Å². The molecule has 6 aliphatic rings. The molecule has 1 aliphatic heterocycles. The SMILES string of the molecule is C\C(=C/C=C\C=C/c1ccccc1)Nc1cc2c(S)c(c1)N(c1cc3c(cc1C)C(C)(C)CCC3(C)C)c1cc3c(cc1C1=C(C4=C(N)C(C)(C)C5=C4CCC=C5)CCC=C12)C(C)(C)c1ccccc1-3. The normalized spacial score (nSPS) is 20.2. The molecule has 0 unspecified atom stereocenters. The lowest BCUT2D eigenvalue weighted by Crippen LogP contribution is -2.34. The Morgan fingerprint density at radius 2 is 1.36 bits per heavy atom. The van der Waals surface area contributed by atoms with Gasteiger partial charge in [-0.1, -0.05) is 159 Å². The number of anilines is 4. The molecule has 5 aliphatic carbocycles. The van der Waals surface area contributed by atoms with E-state index in [-0.39, 0.29) is 21.7 Å². The molecule has 70 heavy (non-hydrogen) atoms. The number of thiol groups is 1. The van der Waals surface area contributed by atoms with E-state index in [1.54, 1.807) is 0 Å². The van der Waals surface area contributed by atoms with Gasteiger partial charge in [0.25, 0.3) is 0 Å². The van der Waals surface area contributed by atoms with Crippen LogP contribution in [0.3, 0.4) is 0 Å². The van der Waals surface area contributed by atoms with Crippen LogP contribution < -0.4 is 16.0 Å². The van der Waals surface area contributed by atoms with Crippen molar-refractivity contribution in [3.8, 4) is 11.1 Å². The average Bonchev–Trinajstić information content (AvgIpc) is 3.68. The third kappa shape index (κ3) is 7.30. The van der Waals surface area contributed by atoms with Crippen LogP contribution >= 0.6 is 12.6 Å². The number of hydrogen-bond acceptors (Lipinski definition) is 4. The first-order valence-electron chi connectivity index (χ1n) is 25.7. The molecule has 4 heteroatoms. The van der Waals surface area contributed by atoms with Gasteiger partial charge in [0.2, 0.25) is 0 Å². The minimum absolute atomic E-state index is 0.0119. The van der Waals surface area contributed by atoms with E-state index in [0.717, 1.165) is 65.3 Å². The molecular weight excluding hydrogens is 867 g/mol. The Bertz CT molecular complexity index is 3310. The Labute approximate surface area is 423 Å². The molecule has 1 heterocycles. The van der Waals surface area contributed by atoms with Crippen LogP contribution in [0.5, 0.6) is 0 Å². The maximum Gasteiger partial charge on any atom is 0.0622 e. The second-order valence-electron chi connectivity index (χ2n) is 23.2. The van der Waals surface area contributed by atoms with Gasteiger partial charge in [-0.05, 0) is 178 Å². The number of allylic oxidation sites excluding steroid dienone is 14. The van der Waals surface area contributed by atoms with E-state index in [4.69, 9.17) is 18.4 Å². The molecule has 5 aromatic carbocycles. The molecule has 5 aromatic rings. The smallest absolute Gasteiger partial charge is 0.0622 e. The summed E-state index contributed by atoms with van der Waals surface area (Å²) in [5.74, 6) is 0. The quantitative estimate of drug-likeness (QED) is 0.113. The number of fused-ring (bicyclic) bond motifs is 10. The molecule has 0 atom stereocenters. The topological polar surface area (TPSA) is 41.3 Å². The summed E-state index contributed by atoms with van der Waals surface area (Å²) in [5, 5.41) is 3.88. The molecule has 11 rings (SSSR count). The summed E-state index contributed by atoms with van der Waals surface area (Å²) < 4.78 is 0. The van der Waals surface area contributed by atoms with Crippen LogP contribution in [0.2, 0.25) is 0 Å². The Morgan fingerprint density at radius 1 is 0.643 bits per heavy atom. The van der Waals surface area contributed by atoms with Crippen molar-refractivity contribution in [3.05, 3.63) is 212 Å². The lowest BCUT2D eigenvalue weighted by molar-refractivity contribution is 0.332. The lowest BCUT2D eigenvalue weighted by atomic mass is 9.63. The van der Waals surface area contributed by atoms with Crippen molar-refractivity contribution in [3.63, 3.8) is 0 Å². The van der Waals surface area contributed by atoms with Crippen LogP contribution in [0.15, 0.2) is 172 Å². The van der Waals surface area contributed by atoms with E-state index in [0.29, 0.717) is 0 Å². The molecule has 0 amide bonds. The fourth-order valence-corrected chi connectivity index (χ4v) is 13.2. The van der Waals surface area contributed by atoms with Gasteiger partial charge in [0.1, 0.15) is 0 Å². The predicted octanol–water partition coefficient (Wildman–Crippen LogP) is 17.8. The largest absolute Gasteiger partial charge is 0.401 e. The van der Waals surface area contributed by atoms with Gasteiger partial charge in [-0.15, -0.1) is 12.6 Å². The van der Waals surface area contributed by atoms with E-state index in [1.165, 1.54) is 101 Å². The van der Waals surface area contributed by atoms with Gasteiger partial charge >= 0.3 is 0 Å². The second-order valence-corrected chi connectivity index (χ2v) is 23.6.